The van der Waals surface area contributed by atoms with Gasteiger partial charge < -0.3 is 18.8 Å². The zero-order valence-electron chi connectivity index (χ0n) is 20.0. The van der Waals surface area contributed by atoms with Gasteiger partial charge in [0.25, 0.3) is 5.89 Å². The molecule has 1 aliphatic rings. The Kier molecular flexibility index (Phi) is 6.23. The van der Waals surface area contributed by atoms with Crippen LogP contribution in [-0.4, -0.2) is 28.0 Å². The van der Waals surface area contributed by atoms with E-state index < -0.39 is 5.97 Å². The topological polar surface area (TPSA) is 96.8 Å². The molecular weight excluding hydrogens is 464 g/mol. The van der Waals surface area contributed by atoms with Crippen LogP contribution in [0.15, 0.2) is 51.5 Å². The van der Waals surface area contributed by atoms with Gasteiger partial charge in [0, 0.05) is 22.4 Å². The summed E-state index contributed by atoms with van der Waals surface area (Å²) in [7, 11) is 0. The Bertz CT molecular complexity index is 1340. The fourth-order valence-electron chi connectivity index (χ4n) is 4.77. The number of aromatic nitrogens is 1. The lowest BCUT2D eigenvalue weighted by atomic mass is 9.82. The van der Waals surface area contributed by atoms with Crippen LogP contribution in [-0.2, 0) is 4.79 Å². The van der Waals surface area contributed by atoms with Gasteiger partial charge in [-0.2, -0.15) is 0 Å². The first-order valence-corrected chi connectivity index (χ1v) is 12.8. The van der Waals surface area contributed by atoms with E-state index in [1.54, 1.807) is 23.3 Å². The number of anilines is 1. The third-order valence-corrected chi connectivity index (χ3v) is 7.84. The van der Waals surface area contributed by atoms with Crippen molar-refractivity contribution < 1.29 is 23.5 Å². The summed E-state index contributed by atoms with van der Waals surface area (Å²) < 4.78 is 11.5. The molecule has 0 atom stereocenters. The Labute approximate surface area is 207 Å². The Hall–Kier alpha value is -3.39. The van der Waals surface area contributed by atoms with Crippen LogP contribution in [0.5, 0.6) is 0 Å². The number of benzene rings is 1. The van der Waals surface area contributed by atoms with E-state index in [1.807, 2.05) is 38.1 Å². The van der Waals surface area contributed by atoms with Gasteiger partial charge in [-0.05, 0) is 69.7 Å². The summed E-state index contributed by atoms with van der Waals surface area (Å²) in [6, 6.07) is 10.9. The molecule has 1 saturated carbocycles. The lowest BCUT2D eigenvalue weighted by Gasteiger charge is -2.33. The van der Waals surface area contributed by atoms with Crippen molar-refractivity contribution in [2.24, 2.45) is 11.8 Å². The third kappa shape index (κ3) is 4.50. The first kappa shape index (κ1) is 23.4. The number of carbonyl (C=O) groups excluding carboxylic acids is 1. The van der Waals surface area contributed by atoms with E-state index in [1.165, 1.54) is 0 Å². The monoisotopic (exact) mass is 492 g/mol. The molecular formula is C27H28N2O5S. The van der Waals surface area contributed by atoms with Crippen molar-refractivity contribution in [1.29, 1.82) is 0 Å². The minimum absolute atomic E-state index is 0.0121. The Morgan fingerprint density at radius 2 is 1.89 bits per heavy atom. The summed E-state index contributed by atoms with van der Waals surface area (Å²) in [4.78, 5) is 32.7. The molecule has 8 heteroatoms. The van der Waals surface area contributed by atoms with Gasteiger partial charge in [0.1, 0.15) is 16.7 Å². The van der Waals surface area contributed by atoms with E-state index in [4.69, 9.17) is 8.83 Å². The van der Waals surface area contributed by atoms with Crippen LogP contribution in [0.2, 0.25) is 0 Å². The second-order valence-corrected chi connectivity index (χ2v) is 10.6. The molecule has 0 bridgehead atoms. The molecule has 1 aromatic carbocycles. The first-order valence-electron chi connectivity index (χ1n) is 12.0. The Balaban J connectivity index is 1.48. The van der Waals surface area contributed by atoms with Gasteiger partial charge in [-0.1, -0.05) is 19.1 Å². The smallest absolute Gasteiger partial charge is 0.348 e. The van der Waals surface area contributed by atoms with Crippen LogP contribution in [0.1, 0.15) is 56.1 Å². The predicted molar refractivity (Wildman–Crippen MR) is 136 cm³/mol. The average Bonchev–Trinajstić information content (AvgIpc) is 3.57. The first-order chi connectivity index (χ1) is 16.8. The largest absolute Gasteiger partial charge is 0.477 e. The molecule has 1 fully saturated rings. The van der Waals surface area contributed by atoms with E-state index >= 15 is 0 Å². The quantitative estimate of drug-likeness (QED) is 0.309. The third-order valence-electron chi connectivity index (χ3n) is 6.67. The van der Waals surface area contributed by atoms with Gasteiger partial charge in [-0.15, -0.1) is 11.3 Å². The number of rotatable bonds is 6. The SMILES string of the molecule is CC(C)N(c1cc(-c2coc(-c3nc4ccccc4o3)c2)sc1C(=O)O)C(=O)[C@H]1CC[C@H](C)CC1. The van der Waals surface area contributed by atoms with Crippen molar-refractivity contribution in [3.63, 3.8) is 0 Å². The van der Waals surface area contributed by atoms with E-state index in [-0.39, 0.29) is 22.7 Å². The minimum atomic E-state index is -1.05. The standard InChI is InChI=1S/C27H28N2O5S/c1-15(2)29(26(30)17-10-8-16(3)9-11-17)20-13-23(35-24(20)27(31)32)18-12-22(33-14-18)25-28-19-6-4-5-7-21(19)34-25/h4-7,12-17H,8-11H2,1-3H3,(H,31,32)/t16-,17-. The van der Waals surface area contributed by atoms with Crippen molar-refractivity contribution in [2.75, 3.05) is 4.90 Å². The lowest BCUT2D eigenvalue weighted by molar-refractivity contribution is -0.123. The molecule has 35 heavy (non-hydrogen) atoms. The summed E-state index contributed by atoms with van der Waals surface area (Å²) in [5.74, 6) is 0.339. The van der Waals surface area contributed by atoms with Crippen LogP contribution in [0.3, 0.4) is 0 Å². The molecule has 1 aliphatic carbocycles. The number of nitrogens with zero attached hydrogens (tertiary/aromatic N) is 2. The van der Waals surface area contributed by atoms with Crippen LogP contribution in [0.25, 0.3) is 33.2 Å². The molecule has 182 valence electrons. The molecule has 7 nitrogen and oxygen atoms in total. The number of carboxylic acids is 1. The maximum Gasteiger partial charge on any atom is 0.348 e. The van der Waals surface area contributed by atoms with Crippen molar-refractivity contribution in [1.82, 2.24) is 4.98 Å². The molecule has 0 radical (unpaired) electrons. The number of oxazole rings is 1. The highest BCUT2D eigenvalue weighted by molar-refractivity contribution is 7.18. The summed E-state index contributed by atoms with van der Waals surface area (Å²) >= 11 is 1.14. The molecule has 5 rings (SSSR count). The highest BCUT2D eigenvalue weighted by atomic mass is 32.1. The van der Waals surface area contributed by atoms with Gasteiger partial charge in [0.05, 0.1) is 5.69 Å². The van der Waals surface area contributed by atoms with Crippen LogP contribution < -0.4 is 4.90 Å². The summed E-state index contributed by atoms with van der Waals surface area (Å²) in [6.45, 7) is 6.07. The van der Waals surface area contributed by atoms with Crippen LogP contribution >= 0.6 is 11.3 Å². The number of amides is 1. The number of furan rings is 1. The lowest BCUT2D eigenvalue weighted by Crippen LogP contribution is -2.42. The van der Waals surface area contributed by atoms with Gasteiger partial charge >= 0.3 is 5.97 Å². The maximum absolute atomic E-state index is 13.5. The second kappa shape index (κ2) is 9.34. The van der Waals surface area contributed by atoms with E-state index in [0.29, 0.717) is 39.3 Å². The number of fused-ring (bicyclic) bond motifs is 1. The van der Waals surface area contributed by atoms with Crippen LogP contribution in [0, 0.1) is 11.8 Å². The minimum Gasteiger partial charge on any atom is -0.477 e. The molecule has 0 unspecified atom stereocenters. The van der Waals surface area contributed by atoms with Gasteiger partial charge in [0.15, 0.2) is 11.3 Å². The van der Waals surface area contributed by atoms with Crippen LogP contribution in [0.4, 0.5) is 5.69 Å². The van der Waals surface area contributed by atoms with E-state index in [9.17, 15) is 14.7 Å². The zero-order valence-corrected chi connectivity index (χ0v) is 20.8. The molecule has 1 N–H and O–H groups in total. The number of hydrogen-bond acceptors (Lipinski definition) is 6. The molecule has 0 spiro atoms. The molecule has 3 aromatic heterocycles. The highest BCUT2D eigenvalue weighted by Crippen LogP contribution is 2.41. The fourth-order valence-corrected chi connectivity index (χ4v) is 5.73. The summed E-state index contributed by atoms with van der Waals surface area (Å²) in [6.07, 6.45) is 5.30. The fraction of sp³-hybridized carbons (Fsp3) is 0.370. The number of thiophene rings is 1. The van der Waals surface area contributed by atoms with Crippen molar-refractivity contribution in [2.45, 2.75) is 52.5 Å². The van der Waals surface area contributed by atoms with E-state index in [0.717, 1.165) is 42.5 Å². The number of aromatic carboxylic acids is 1. The molecule has 0 saturated heterocycles. The predicted octanol–water partition coefficient (Wildman–Crippen LogP) is 7.08. The number of hydrogen-bond donors (Lipinski definition) is 1. The van der Waals surface area contributed by atoms with Gasteiger partial charge in [0.2, 0.25) is 5.91 Å². The number of carbonyl (C=O) groups is 2. The van der Waals surface area contributed by atoms with Gasteiger partial charge in [-0.25, -0.2) is 9.78 Å². The Morgan fingerprint density at radius 3 is 2.57 bits per heavy atom. The van der Waals surface area contributed by atoms with Gasteiger partial charge in [-0.3, -0.25) is 4.79 Å². The zero-order chi connectivity index (χ0) is 24.7. The summed E-state index contributed by atoms with van der Waals surface area (Å²) in [5, 5.41) is 9.97. The molecule has 0 aliphatic heterocycles. The van der Waals surface area contributed by atoms with Crippen molar-refractivity contribution in [3.05, 3.63) is 47.5 Å². The van der Waals surface area contributed by atoms with E-state index in [2.05, 4.69) is 11.9 Å². The van der Waals surface area contributed by atoms with Crippen molar-refractivity contribution >= 4 is 40.0 Å². The molecule has 4 aromatic rings. The summed E-state index contributed by atoms with van der Waals surface area (Å²) in [5.41, 5.74) is 2.55. The Morgan fingerprint density at radius 1 is 1.14 bits per heavy atom. The molecule has 3 heterocycles. The number of carboxylic acid groups (broad SMARTS) is 1. The number of para-hydroxylation sites is 2. The second-order valence-electron chi connectivity index (χ2n) is 9.58. The normalized spacial score (nSPS) is 18.3. The average molecular weight is 493 g/mol. The molecule has 1 amide bonds. The maximum atomic E-state index is 13.5. The van der Waals surface area contributed by atoms with Crippen molar-refractivity contribution in [3.8, 4) is 22.1 Å². The highest BCUT2D eigenvalue weighted by Gasteiger charge is 2.33.